The van der Waals surface area contributed by atoms with Crippen LogP contribution >= 0.6 is 27.5 Å². The average Bonchev–Trinajstić information content (AvgIpc) is 2.80. The Labute approximate surface area is 144 Å². The Morgan fingerprint density at radius 1 is 1.50 bits per heavy atom. The summed E-state index contributed by atoms with van der Waals surface area (Å²) in [6, 6.07) is 5.62. The molecule has 1 unspecified atom stereocenters. The first-order chi connectivity index (χ1) is 10.4. The zero-order chi connectivity index (χ0) is 16.2. The van der Waals surface area contributed by atoms with Gasteiger partial charge in [0.25, 0.3) is 0 Å². The van der Waals surface area contributed by atoms with Gasteiger partial charge >= 0.3 is 0 Å². The third-order valence-electron chi connectivity index (χ3n) is 3.49. The van der Waals surface area contributed by atoms with Crippen LogP contribution in [0.15, 0.2) is 27.7 Å². The smallest absolute Gasteiger partial charge is 0.191 e. The summed E-state index contributed by atoms with van der Waals surface area (Å²) >= 11 is 9.49. The molecule has 0 amide bonds. The zero-order valence-corrected chi connectivity index (χ0v) is 15.4. The standard InChI is InChI=1S/C14H19BrClN3O2S/c1-17-14(19-12-5-7-22(20,21)9-12)18-6-4-10-8-11(16)2-3-13(10)15/h2-3,8,12H,4-7,9H2,1H3,(H2,17,18,19). The van der Waals surface area contributed by atoms with Crippen molar-refractivity contribution in [2.75, 3.05) is 25.1 Å². The third kappa shape index (κ3) is 5.14. The van der Waals surface area contributed by atoms with Crippen LogP contribution in [0.1, 0.15) is 12.0 Å². The number of halogens is 2. The maximum Gasteiger partial charge on any atom is 0.191 e. The quantitative estimate of drug-likeness (QED) is 0.590. The number of hydrogen-bond acceptors (Lipinski definition) is 3. The van der Waals surface area contributed by atoms with Crippen LogP contribution in [0, 0.1) is 0 Å². The second kappa shape index (κ2) is 7.66. The molecule has 1 aliphatic heterocycles. The fourth-order valence-corrected chi connectivity index (χ4v) is 4.66. The van der Waals surface area contributed by atoms with Crippen molar-refractivity contribution in [2.45, 2.75) is 18.9 Å². The monoisotopic (exact) mass is 407 g/mol. The Morgan fingerprint density at radius 3 is 2.91 bits per heavy atom. The summed E-state index contributed by atoms with van der Waals surface area (Å²) in [4.78, 5) is 4.13. The minimum absolute atomic E-state index is 0.0610. The molecule has 1 aromatic carbocycles. The molecule has 2 rings (SSSR count). The second-order valence-electron chi connectivity index (χ2n) is 5.23. The van der Waals surface area contributed by atoms with Crippen LogP contribution in [-0.4, -0.2) is 45.5 Å². The summed E-state index contributed by atoms with van der Waals surface area (Å²) in [6.07, 6.45) is 1.41. The van der Waals surface area contributed by atoms with E-state index in [1.165, 1.54) is 0 Å². The highest BCUT2D eigenvalue weighted by atomic mass is 79.9. The molecule has 1 heterocycles. The van der Waals surface area contributed by atoms with E-state index in [0.29, 0.717) is 23.9 Å². The van der Waals surface area contributed by atoms with Crippen molar-refractivity contribution in [3.8, 4) is 0 Å². The van der Waals surface area contributed by atoms with Crippen LogP contribution in [0.25, 0.3) is 0 Å². The highest BCUT2D eigenvalue weighted by Crippen LogP contribution is 2.21. The van der Waals surface area contributed by atoms with Crippen molar-refractivity contribution >= 4 is 43.3 Å². The molecule has 8 heteroatoms. The average molecular weight is 409 g/mol. The molecule has 0 bridgehead atoms. The minimum atomic E-state index is -2.89. The van der Waals surface area contributed by atoms with Gasteiger partial charge in [0.05, 0.1) is 11.5 Å². The number of guanidine groups is 1. The number of nitrogens with zero attached hydrogens (tertiary/aromatic N) is 1. The number of nitrogens with one attached hydrogen (secondary N) is 2. The van der Waals surface area contributed by atoms with Gasteiger partial charge in [-0.05, 0) is 36.6 Å². The van der Waals surface area contributed by atoms with Gasteiger partial charge in [-0.1, -0.05) is 27.5 Å². The number of hydrogen-bond donors (Lipinski definition) is 2. The summed E-state index contributed by atoms with van der Waals surface area (Å²) in [5.41, 5.74) is 1.11. The van der Waals surface area contributed by atoms with Gasteiger partial charge in [-0.25, -0.2) is 8.42 Å². The summed E-state index contributed by atoms with van der Waals surface area (Å²) < 4.78 is 23.9. The first-order valence-electron chi connectivity index (χ1n) is 7.01. The number of benzene rings is 1. The molecule has 0 spiro atoms. The number of rotatable bonds is 4. The Morgan fingerprint density at radius 2 is 2.27 bits per heavy atom. The van der Waals surface area contributed by atoms with Gasteiger partial charge in [0, 0.05) is 29.1 Å². The molecule has 1 aromatic rings. The Balaban J connectivity index is 1.83. The van der Waals surface area contributed by atoms with Gasteiger partial charge in [0.15, 0.2) is 15.8 Å². The largest absolute Gasteiger partial charge is 0.356 e. The minimum Gasteiger partial charge on any atom is -0.356 e. The molecular formula is C14H19BrClN3O2S. The lowest BCUT2D eigenvalue weighted by Crippen LogP contribution is -2.44. The SMILES string of the molecule is CN=C(NCCc1cc(Cl)ccc1Br)NC1CCS(=O)(=O)C1. The van der Waals surface area contributed by atoms with Crippen molar-refractivity contribution in [3.05, 3.63) is 33.3 Å². The van der Waals surface area contributed by atoms with E-state index in [9.17, 15) is 8.42 Å². The van der Waals surface area contributed by atoms with Gasteiger partial charge in [-0.2, -0.15) is 0 Å². The highest BCUT2D eigenvalue weighted by molar-refractivity contribution is 9.10. The molecule has 5 nitrogen and oxygen atoms in total. The normalized spacial score (nSPS) is 20.9. The summed E-state index contributed by atoms with van der Waals surface area (Å²) in [5.74, 6) is 1.05. The van der Waals surface area contributed by atoms with Crippen molar-refractivity contribution in [1.82, 2.24) is 10.6 Å². The zero-order valence-electron chi connectivity index (χ0n) is 12.3. The Kier molecular flexibility index (Phi) is 6.11. The van der Waals surface area contributed by atoms with E-state index in [-0.39, 0.29) is 17.5 Å². The molecule has 0 saturated carbocycles. The number of aliphatic imine (C=N–C) groups is 1. The first-order valence-corrected chi connectivity index (χ1v) is 10.0. The van der Waals surface area contributed by atoms with E-state index < -0.39 is 9.84 Å². The first kappa shape index (κ1) is 17.6. The maximum absolute atomic E-state index is 11.5. The van der Waals surface area contributed by atoms with Gasteiger partial charge in [0.1, 0.15) is 0 Å². The molecule has 122 valence electrons. The lowest BCUT2D eigenvalue weighted by molar-refractivity contribution is 0.599. The fourth-order valence-electron chi connectivity index (χ4n) is 2.35. The predicted molar refractivity (Wildman–Crippen MR) is 94.4 cm³/mol. The molecule has 1 aliphatic rings. The summed E-state index contributed by atoms with van der Waals surface area (Å²) in [7, 11) is -1.21. The van der Waals surface area contributed by atoms with Crippen LogP contribution < -0.4 is 10.6 Å². The van der Waals surface area contributed by atoms with Crippen molar-refractivity contribution in [3.63, 3.8) is 0 Å². The van der Waals surface area contributed by atoms with Crippen molar-refractivity contribution in [2.24, 2.45) is 4.99 Å². The molecule has 0 aromatic heterocycles. The van der Waals surface area contributed by atoms with Crippen molar-refractivity contribution < 1.29 is 8.42 Å². The van der Waals surface area contributed by atoms with Gasteiger partial charge in [0.2, 0.25) is 0 Å². The third-order valence-corrected chi connectivity index (χ3v) is 6.27. The molecule has 22 heavy (non-hydrogen) atoms. The van der Waals surface area contributed by atoms with Crippen LogP contribution in [0.5, 0.6) is 0 Å². The topological polar surface area (TPSA) is 70.6 Å². The molecule has 1 saturated heterocycles. The van der Waals surface area contributed by atoms with Gasteiger partial charge in [-0.3, -0.25) is 4.99 Å². The van der Waals surface area contributed by atoms with E-state index >= 15 is 0 Å². The van der Waals surface area contributed by atoms with Crippen LogP contribution in [0.3, 0.4) is 0 Å². The van der Waals surface area contributed by atoms with Crippen LogP contribution in [0.2, 0.25) is 5.02 Å². The lowest BCUT2D eigenvalue weighted by atomic mass is 10.1. The van der Waals surface area contributed by atoms with E-state index in [1.54, 1.807) is 7.05 Å². The molecule has 0 radical (unpaired) electrons. The van der Waals surface area contributed by atoms with Gasteiger partial charge < -0.3 is 10.6 Å². The van der Waals surface area contributed by atoms with E-state index in [1.807, 2.05) is 18.2 Å². The maximum atomic E-state index is 11.5. The van der Waals surface area contributed by atoms with Crippen LogP contribution in [0.4, 0.5) is 0 Å². The molecule has 1 atom stereocenters. The van der Waals surface area contributed by atoms with Crippen molar-refractivity contribution in [1.29, 1.82) is 0 Å². The molecular weight excluding hydrogens is 390 g/mol. The van der Waals surface area contributed by atoms with Crippen LogP contribution in [-0.2, 0) is 16.3 Å². The summed E-state index contributed by atoms with van der Waals surface area (Å²) in [6.45, 7) is 0.679. The van der Waals surface area contributed by atoms with E-state index in [0.717, 1.165) is 16.5 Å². The lowest BCUT2D eigenvalue weighted by Gasteiger charge is -2.16. The Hall–Kier alpha value is -0.790. The predicted octanol–water partition coefficient (Wildman–Crippen LogP) is 2.00. The molecule has 0 aliphatic carbocycles. The number of sulfone groups is 1. The Bertz CT molecular complexity index is 664. The molecule has 1 fully saturated rings. The second-order valence-corrected chi connectivity index (χ2v) is 8.75. The molecule has 2 N–H and O–H groups in total. The fraction of sp³-hybridized carbons (Fsp3) is 0.500. The van der Waals surface area contributed by atoms with E-state index in [4.69, 9.17) is 11.6 Å². The summed E-state index contributed by atoms with van der Waals surface area (Å²) in [5, 5.41) is 7.06. The highest BCUT2D eigenvalue weighted by Gasteiger charge is 2.28. The van der Waals surface area contributed by atoms with E-state index in [2.05, 4.69) is 31.6 Å². The van der Waals surface area contributed by atoms with Gasteiger partial charge in [-0.15, -0.1) is 0 Å².